The van der Waals surface area contributed by atoms with E-state index in [0.29, 0.717) is 42.7 Å². The van der Waals surface area contributed by atoms with Crippen LogP contribution in [-0.2, 0) is 16.4 Å². The molecule has 10 heteroatoms. The van der Waals surface area contributed by atoms with Gasteiger partial charge in [0.2, 0.25) is 0 Å². The summed E-state index contributed by atoms with van der Waals surface area (Å²) in [5.74, 6) is 0.0997. The standard InChI is InChI=1S/C29H40N4O5S/c1-7-20-8-10-21(11-9-20)32(18-19(2)3)39(37,38)23-12-13-25-24(17-23)30-27(34)33(25)22-14-15-31(28(35)36)26(16-22)29(4,5)6/h8-13,17,19,22,26H,7,14-16,18H2,1-6H3,(H,30,34)(H,35,36). The number of aryl methyl sites for hydroxylation is 1. The third-order valence-corrected chi connectivity index (χ3v) is 9.41. The molecule has 0 bridgehead atoms. The zero-order valence-corrected chi connectivity index (χ0v) is 24.5. The van der Waals surface area contributed by atoms with Crippen molar-refractivity contribution in [3.63, 3.8) is 0 Å². The van der Waals surface area contributed by atoms with Gasteiger partial charge in [-0.3, -0.25) is 8.87 Å². The third-order valence-electron chi connectivity index (χ3n) is 7.62. The molecule has 0 radical (unpaired) electrons. The Bertz CT molecular complexity index is 1500. The molecule has 1 fully saturated rings. The Morgan fingerprint density at radius 2 is 1.82 bits per heavy atom. The molecule has 1 amide bonds. The van der Waals surface area contributed by atoms with Crippen LogP contribution in [0, 0.1) is 11.3 Å². The van der Waals surface area contributed by atoms with Gasteiger partial charge in [0.25, 0.3) is 10.0 Å². The van der Waals surface area contributed by atoms with Crippen molar-refractivity contribution < 1.29 is 18.3 Å². The molecule has 2 N–H and O–H groups in total. The maximum atomic E-state index is 13.9. The number of carbonyl (C=O) groups is 1. The number of sulfonamides is 1. The van der Waals surface area contributed by atoms with Gasteiger partial charge in [-0.15, -0.1) is 0 Å². The van der Waals surface area contributed by atoms with E-state index in [9.17, 15) is 23.1 Å². The fraction of sp³-hybridized carbons (Fsp3) is 0.517. The zero-order chi connectivity index (χ0) is 28.7. The predicted octanol–water partition coefficient (Wildman–Crippen LogP) is 5.47. The monoisotopic (exact) mass is 556 g/mol. The van der Waals surface area contributed by atoms with E-state index in [2.05, 4.69) is 11.9 Å². The van der Waals surface area contributed by atoms with Crippen LogP contribution >= 0.6 is 0 Å². The maximum absolute atomic E-state index is 13.9. The number of amides is 1. The highest BCUT2D eigenvalue weighted by molar-refractivity contribution is 7.92. The number of hydrogen-bond acceptors (Lipinski definition) is 4. The van der Waals surface area contributed by atoms with E-state index in [4.69, 9.17) is 0 Å². The number of likely N-dealkylation sites (tertiary alicyclic amines) is 1. The molecule has 2 aromatic carbocycles. The maximum Gasteiger partial charge on any atom is 0.407 e. The first-order chi connectivity index (χ1) is 18.2. The van der Waals surface area contributed by atoms with E-state index >= 15 is 0 Å². The number of aromatic nitrogens is 2. The first-order valence-corrected chi connectivity index (χ1v) is 15.0. The summed E-state index contributed by atoms with van der Waals surface area (Å²) in [7, 11) is -3.90. The number of rotatable bonds is 7. The second-order valence-electron chi connectivity index (χ2n) is 12.0. The van der Waals surface area contributed by atoms with Crippen LogP contribution in [0.15, 0.2) is 52.2 Å². The number of imidazole rings is 1. The van der Waals surface area contributed by atoms with Crippen LogP contribution in [0.5, 0.6) is 0 Å². The minimum absolute atomic E-state index is 0.0997. The van der Waals surface area contributed by atoms with Crippen molar-refractivity contribution in [1.29, 1.82) is 0 Å². The van der Waals surface area contributed by atoms with E-state index in [0.717, 1.165) is 12.0 Å². The van der Waals surface area contributed by atoms with Gasteiger partial charge in [-0.05, 0) is 66.5 Å². The zero-order valence-electron chi connectivity index (χ0n) is 23.6. The van der Waals surface area contributed by atoms with Gasteiger partial charge in [-0.2, -0.15) is 0 Å². The highest BCUT2D eigenvalue weighted by atomic mass is 32.2. The van der Waals surface area contributed by atoms with Crippen LogP contribution in [0.3, 0.4) is 0 Å². The van der Waals surface area contributed by atoms with Crippen LogP contribution in [-0.4, -0.2) is 53.2 Å². The molecule has 1 saturated heterocycles. The van der Waals surface area contributed by atoms with Gasteiger partial charge in [-0.1, -0.05) is 53.7 Å². The number of nitrogens with one attached hydrogen (secondary N) is 1. The quantitative estimate of drug-likeness (QED) is 0.400. The Morgan fingerprint density at radius 1 is 1.15 bits per heavy atom. The minimum atomic E-state index is -3.90. The van der Waals surface area contributed by atoms with E-state index < -0.39 is 16.1 Å². The number of nitrogens with zero attached hydrogens (tertiary/aromatic N) is 3. The van der Waals surface area contributed by atoms with Gasteiger partial charge in [0.05, 0.1) is 21.6 Å². The lowest BCUT2D eigenvalue weighted by molar-refractivity contribution is 0.0430. The van der Waals surface area contributed by atoms with Gasteiger partial charge in [0.1, 0.15) is 0 Å². The van der Waals surface area contributed by atoms with Crippen molar-refractivity contribution in [2.45, 2.75) is 77.8 Å². The molecule has 9 nitrogen and oxygen atoms in total. The van der Waals surface area contributed by atoms with Crippen molar-refractivity contribution in [2.75, 3.05) is 17.4 Å². The molecule has 0 aliphatic carbocycles. The van der Waals surface area contributed by atoms with Crippen LogP contribution in [0.25, 0.3) is 11.0 Å². The van der Waals surface area contributed by atoms with Gasteiger partial charge in [0, 0.05) is 25.2 Å². The van der Waals surface area contributed by atoms with Gasteiger partial charge >= 0.3 is 11.8 Å². The van der Waals surface area contributed by atoms with Crippen molar-refractivity contribution in [2.24, 2.45) is 11.3 Å². The third kappa shape index (κ3) is 5.71. The predicted molar refractivity (Wildman–Crippen MR) is 154 cm³/mol. The van der Waals surface area contributed by atoms with E-state index in [1.165, 1.54) is 15.3 Å². The van der Waals surface area contributed by atoms with Crippen LogP contribution in [0.4, 0.5) is 10.5 Å². The molecule has 2 atom stereocenters. The molecule has 212 valence electrons. The average Bonchev–Trinajstić information content (AvgIpc) is 3.21. The molecule has 2 heterocycles. The lowest BCUT2D eigenvalue weighted by atomic mass is 9.79. The summed E-state index contributed by atoms with van der Waals surface area (Å²) in [5, 5.41) is 9.72. The SMILES string of the molecule is CCc1ccc(N(CC(C)C)S(=O)(=O)c2ccc3c(c2)[nH]c(=O)n3C2CCN(C(=O)O)C(C(C)(C)C)C2)cc1. The fourth-order valence-electron chi connectivity index (χ4n) is 5.56. The van der Waals surface area contributed by atoms with E-state index in [1.54, 1.807) is 16.7 Å². The Labute approximate surface area is 230 Å². The second-order valence-corrected chi connectivity index (χ2v) is 13.8. The highest BCUT2D eigenvalue weighted by Crippen LogP contribution is 2.37. The molecule has 2 unspecified atom stereocenters. The molecule has 1 aliphatic heterocycles. The molecular formula is C29H40N4O5S. The van der Waals surface area contributed by atoms with Crippen molar-refractivity contribution >= 4 is 32.8 Å². The molecule has 39 heavy (non-hydrogen) atoms. The Morgan fingerprint density at radius 3 is 2.38 bits per heavy atom. The number of benzene rings is 2. The summed E-state index contributed by atoms with van der Waals surface area (Å²) in [6.45, 7) is 12.7. The lowest BCUT2D eigenvalue weighted by Crippen LogP contribution is -2.52. The Kier molecular flexibility index (Phi) is 7.89. The van der Waals surface area contributed by atoms with Gasteiger partial charge in [0.15, 0.2) is 0 Å². The number of anilines is 1. The first-order valence-electron chi connectivity index (χ1n) is 13.6. The molecular weight excluding hydrogens is 516 g/mol. The molecule has 0 spiro atoms. The topological polar surface area (TPSA) is 116 Å². The summed E-state index contributed by atoms with van der Waals surface area (Å²) < 4.78 is 30.9. The summed E-state index contributed by atoms with van der Waals surface area (Å²) in [5.41, 5.74) is 2.16. The summed E-state index contributed by atoms with van der Waals surface area (Å²) in [6.07, 6.45) is 0.912. The lowest BCUT2D eigenvalue weighted by Gasteiger charge is -2.44. The Balaban J connectivity index is 1.72. The number of piperidine rings is 1. The fourth-order valence-corrected chi connectivity index (χ4v) is 7.22. The van der Waals surface area contributed by atoms with Crippen LogP contribution in [0.2, 0.25) is 0 Å². The van der Waals surface area contributed by atoms with E-state index in [-0.39, 0.29) is 34.0 Å². The summed E-state index contributed by atoms with van der Waals surface area (Å²) in [6, 6.07) is 11.9. The molecule has 1 aliphatic rings. The van der Waals surface area contributed by atoms with Crippen molar-refractivity contribution in [1.82, 2.24) is 14.5 Å². The smallest absolute Gasteiger partial charge is 0.407 e. The number of H-pyrrole nitrogens is 1. The van der Waals surface area contributed by atoms with Crippen LogP contribution < -0.4 is 9.99 Å². The Hall–Kier alpha value is -3.27. The molecule has 3 aromatic rings. The average molecular weight is 557 g/mol. The number of carboxylic acid groups (broad SMARTS) is 1. The normalized spacial score (nSPS) is 18.6. The van der Waals surface area contributed by atoms with Crippen LogP contribution in [0.1, 0.15) is 66.0 Å². The number of hydrogen-bond donors (Lipinski definition) is 2. The van der Waals surface area contributed by atoms with E-state index in [1.807, 2.05) is 58.9 Å². The molecule has 4 rings (SSSR count). The number of fused-ring (bicyclic) bond motifs is 1. The number of aromatic amines is 1. The van der Waals surface area contributed by atoms with Gasteiger partial charge < -0.3 is 15.0 Å². The molecule has 1 aromatic heterocycles. The second kappa shape index (κ2) is 10.7. The summed E-state index contributed by atoms with van der Waals surface area (Å²) in [4.78, 5) is 29.4. The van der Waals surface area contributed by atoms with Crippen molar-refractivity contribution in [3.8, 4) is 0 Å². The summed E-state index contributed by atoms with van der Waals surface area (Å²) >= 11 is 0. The first kappa shape index (κ1) is 28.7. The van der Waals surface area contributed by atoms with Gasteiger partial charge in [-0.25, -0.2) is 18.0 Å². The molecule has 0 saturated carbocycles. The minimum Gasteiger partial charge on any atom is -0.465 e. The van der Waals surface area contributed by atoms with Crippen molar-refractivity contribution in [3.05, 3.63) is 58.5 Å². The largest absolute Gasteiger partial charge is 0.465 e. The highest BCUT2D eigenvalue weighted by Gasteiger charge is 2.40.